The van der Waals surface area contributed by atoms with Gasteiger partial charge in [-0.15, -0.1) is 13.2 Å². The van der Waals surface area contributed by atoms with Gasteiger partial charge in [0.25, 0.3) is 0 Å². The SMILES string of the molecule is NC1Nc2c(OC(F)(F)F)cccc2S1. The van der Waals surface area contributed by atoms with Crippen molar-refractivity contribution in [1.82, 2.24) is 0 Å². The van der Waals surface area contributed by atoms with E-state index in [4.69, 9.17) is 5.73 Å². The molecule has 0 radical (unpaired) electrons. The molecule has 1 heterocycles. The third-order valence-corrected chi connectivity index (χ3v) is 2.72. The molecule has 0 spiro atoms. The first kappa shape index (κ1) is 10.4. The van der Waals surface area contributed by atoms with Gasteiger partial charge in [0.2, 0.25) is 0 Å². The monoisotopic (exact) mass is 236 g/mol. The third kappa shape index (κ3) is 2.29. The van der Waals surface area contributed by atoms with Gasteiger partial charge in [-0.2, -0.15) is 0 Å². The normalized spacial score (nSPS) is 19.6. The van der Waals surface area contributed by atoms with Gasteiger partial charge in [0.15, 0.2) is 5.75 Å². The Kier molecular flexibility index (Phi) is 2.43. The van der Waals surface area contributed by atoms with Crippen LogP contribution < -0.4 is 15.8 Å². The number of halogens is 3. The van der Waals surface area contributed by atoms with Crippen LogP contribution in [-0.2, 0) is 0 Å². The van der Waals surface area contributed by atoms with Gasteiger partial charge in [-0.3, -0.25) is 0 Å². The van der Waals surface area contributed by atoms with Crippen LogP contribution in [0.5, 0.6) is 5.75 Å². The lowest BCUT2D eigenvalue weighted by Crippen LogP contribution is -2.22. The molecule has 3 nitrogen and oxygen atoms in total. The molecule has 3 N–H and O–H groups in total. The second-order valence-electron chi connectivity index (χ2n) is 2.86. The maximum Gasteiger partial charge on any atom is 0.573 e. The fourth-order valence-corrected chi connectivity index (χ4v) is 2.15. The van der Waals surface area contributed by atoms with Gasteiger partial charge >= 0.3 is 6.36 Å². The molecule has 1 atom stereocenters. The van der Waals surface area contributed by atoms with E-state index in [0.29, 0.717) is 10.6 Å². The highest BCUT2D eigenvalue weighted by molar-refractivity contribution is 8.00. The van der Waals surface area contributed by atoms with E-state index in [2.05, 4.69) is 10.1 Å². The largest absolute Gasteiger partial charge is 0.573 e. The summed E-state index contributed by atoms with van der Waals surface area (Å²) in [6.45, 7) is 0. The number of fused-ring (bicyclic) bond motifs is 1. The first-order valence-corrected chi connectivity index (χ1v) is 4.91. The quantitative estimate of drug-likeness (QED) is 0.785. The Morgan fingerprint density at radius 2 is 2.13 bits per heavy atom. The van der Waals surface area contributed by atoms with E-state index in [0.717, 1.165) is 0 Å². The molecule has 0 aliphatic carbocycles. The summed E-state index contributed by atoms with van der Waals surface area (Å²) in [5.41, 5.74) is 5.40. The average Bonchev–Trinajstić information content (AvgIpc) is 2.43. The van der Waals surface area contributed by atoms with Crippen molar-refractivity contribution in [2.75, 3.05) is 5.32 Å². The molecule has 0 saturated heterocycles. The lowest BCUT2D eigenvalue weighted by Gasteiger charge is -2.12. The maximum atomic E-state index is 12.0. The number of para-hydroxylation sites is 1. The molecular weight excluding hydrogens is 229 g/mol. The molecule has 0 aromatic heterocycles. The van der Waals surface area contributed by atoms with E-state index in [1.807, 2.05) is 0 Å². The number of hydrogen-bond donors (Lipinski definition) is 2. The summed E-state index contributed by atoms with van der Waals surface area (Å²) >= 11 is 1.25. The van der Waals surface area contributed by atoms with Crippen molar-refractivity contribution in [3.8, 4) is 5.75 Å². The molecule has 0 fully saturated rings. The van der Waals surface area contributed by atoms with Crippen LogP contribution in [0.4, 0.5) is 18.9 Å². The van der Waals surface area contributed by atoms with E-state index in [1.165, 1.54) is 23.9 Å². The number of ether oxygens (including phenoxy) is 1. The fourth-order valence-electron chi connectivity index (χ4n) is 1.27. The molecule has 82 valence electrons. The molecule has 1 aliphatic heterocycles. The van der Waals surface area contributed by atoms with Gasteiger partial charge in [0.1, 0.15) is 5.50 Å². The molecule has 1 aliphatic rings. The lowest BCUT2D eigenvalue weighted by atomic mass is 10.3. The van der Waals surface area contributed by atoms with Gasteiger partial charge in [0.05, 0.1) is 5.69 Å². The third-order valence-electron chi connectivity index (χ3n) is 1.75. The first-order chi connectivity index (χ1) is 6.96. The van der Waals surface area contributed by atoms with Crippen molar-refractivity contribution in [3.05, 3.63) is 18.2 Å². The van der Waals surface area contributed by atoms with Gasteiger partial charge in [-0.05, 0) is 12.1 Å². The standard InChI is InChI=1S/C8H7F3N2OS/c9-8(10,11)14-4-2-1-3-5-6(4)13-7(12)15-5/h1-3,7,13H,12H2. The Bertz CT molecular complexity index is 383. The number of rotatable bonds is 1. The van der Waals surface area contributed by atoms with Gasteiger partial charge in [-0.1, -0.05) is 17.8 Å². The maximum absolute atomic E-state index is 12.0. The molecular formula is C8H7F3N2OS. The van der Waals surface area contributed by atoms with Crippen molar-refractivity contribution in [2.24, 2.45) is 5.73 Å². The molecule has 15 heavy (non-hydrogen) atoms. The minimum absolute atomic E-state index is 0.250. The highest BCUT2D eigenvalue weighted by Crippen LogP contribution is 2.43. The number of nitrogens with two attached hydrogens (primary N) is 1. The fraction of sp³-hybridized carbons (Fsp3) is 0.250. The Hall–Kier alpha value is -1.08. The summed E-state index contributed by atoms with van der Waals surface area (Å²) in [5.74, 6) is -0.250. The predicted molar refractivity (Wildman–Crippen MR) is 50.6 cm³/mol. The topological polar surface area (TPSA) is 47.3 Å². The summed E-state index contributed by atoms with van der Waals surface area (Å²) in [6.07, 6.45) is -4.69. The number of benzene rings is 1. The van der Waals surface area contributed by atoms with E-state index >= 15 is 0 Å². The van der Waals surface area contributed by atoms with Crippen molar-refractivity contribution in [3.63, 3.8) is 0 Å². The molecule has 0 amide bonds. The van der Waals surface area contributed by atoms with E-state index in [-0.39, 0.29) is 5.75 Å². The Morgan fingerprint density at radius 3 is 2.80 bits per heavy atom. The van der Waals surface area contributed by atoms with Crippen molar-refractivity contribution in [2.45, 2.75) is 16.8 Å². The minimum atomic E-state index is -4.69. The average molecular weight is 236 g/mol. The van der Waals surface area contributed by atoms with Crippen LogP contribution in [0, 0.1) is 0 Å². The number of thioether (sulfide) groups is 1. The zero-order valence-corrected chi connectivity index (χ0v) is 8.15. The predicted octanol–water partition coefficient (Wildman–Crippen LogP) is 2.35. The van der Waals surface area contributed by atoms with Crippen molar-refractivity contribution in [1.29, 1.82) is 0 Å². The van der Waals surface area contributed by atoms with Crippen LogP contribution in [0.1, 0.15) is 0 Å². The van der Waals surface area contributed by atoms with E-state index < -0.39 is 11.9 Å². The Balaban J connectivity index is 2.31. The second-order valence-corrected chi connectivity index (χ2v) is 4.04. The lowest BCUT2D eigenvalue weighted by molar-refractivity contribution is -0.274. The molecule has 2 rings (SSSR count). The number of hydrogen-bond acceptors (Lipinski definition) is 4. The molecule has 0 saturated carbocycles. The minimum Gasteiger partial charge on any atom is -0.404 e. The van der Waals surface area contributed by atoms with Gasteiger partial charge < -0.3 is 15.8 Å². The second kappa shape index (κ2) is 3.49. The summed E-state index contributed by atoms with van der Waals surface area (Å²) < 4.78 is 39.9. The summed E-state index contributed by atoms with van der Waals surface area (Å²) in [7, 11) is 0. The highest BCUT2D eigenvalue weighted by Gasteiger charge is 2.33. The zero-order chi connectivity index (χ0) is 11.1. The van der Waals surface area contributed by atoms with Gasteiger partial charge in [-0.25, -0.2) is 0 Å². The molecule has 1 unspecified atom stereocenters. The summed E-state index contributed by atoms with van der Waals surface area (Å²) in [5, 5.41) is 2.70. The number of anilines is 1. The number of alkyl halides is 3. The zero-order valence-electron chi connectivity index (χ0n) is 7.34. The van der Waals surface area contributed by atoms with Crippen LogP contribution in [0.2, 0.25) is 0 Å². The van der Waals surface area contributed by atoms with Crippen LogP contribution in [0.15, 0.2) is 23.1 Å². The first-order valence-electron chi connectivity index (χ1n) is 4.03. The molecule has 7 heteroatoms. The van der Waals surface area contributed by atoms with E-state index in [1.54, 1.807) is 6.07 Å². The highest BCUT2D eigenvalue weighted by atomic mass is 32.2. The molecule has 0 bridgehead atoms. The smallest absolute Gasteiger partial charge is 0.404 e. The Morgan fingerprint density at radius 1 is 1.40 bits per heavy atom. The van der Waals surface area contributed by atoms with Crippen LogP contribution in [0.3, 0.4) is 0 Å². The van der Waals surface area contributed by atoms with Crippen molar-refractivity contribution < 1.29 is 17.9 Å². The number of nitrogens with one attached hydrogen (secondary N) is 1. The van der Waals surface area contributed by atoms with Gasteiger partial charge in [0, 0.05) is 4.90 Å². The van der Waals surface area contributed by atoms with E-state index in [9.17, 15) is 13.2 Å². The summed E-state index contributed by atoms with van der Waals surface area (Å²) in [4.78, 5) is 0.657. The van der Waals surface area contributed by atoms with Crippen LogP contribution >= 0.6 is 11.8 Å². The van der Waals surface area contributed by atoms with Crippen LogP contribution in [0.25, 0.3) is 0 Å². The molecule has 1 aromatic rings. The Labute approximate surface area is 87.8 Å². The van der Waals surface area contributed by atoms with Crippen molar-refractivity contribution >= 4 is 17.4 Å². The molecule has 1 aromatic carbocycles. The summed E-state index contributed by atoms with van der Waals surface area (Å²) in [6, 6.07) is 4.42. The van der Waals surface area contributed by atoms with Crippen LogP contribution in [-0.4, -0.2) is 11.9 Å².